The third-order valence-electron chi connectivity index (χ3n) is 1.75. The predicted octanol–water partition coefficient (Wildman–Crippen LogP) is 2.50. The number of halogens is 3. The molecule has 78 valence electrons. The molecule has 1 aromatic rings. The fourth-order valence-corrected chi connectivity index (χ4v) is 1.55. The largest absolute Gasteiger partial charge is 0.352 e. The number of alkyl halides is 2. The maximum atomic E-state index is 13.3. The Balaban J connectivity index is 2.81. The summed E-state index contributed by atoms with van der Waals surface area (Å²) in [5, 5.41) is 0. The van der Waals surface area contributed by atoms with Gasteiger partial charge in [-0.05, 0) is 12.1 Å². The summed E-state index contributed by atoms with van der Waals surface area (Å²) in [6, 6.07) is 2.93. The van der Waals surface area contributed by atoms with E-state index in [2.05, 4.69) is 4.98 Å². The van der Waals surface area contributed by atoms with Crippen LogP contribution < -0.4 is 4.90 Å². The Labute approximate surface area is 92.6 Å². The summed E-state index contributed by atoms with van der Waals surface area (Å²) in [6.07, 6.45) is 1.55. The lowest BCUT2D eigenvalue weighted by atomic mass is 10.4. The molecule has 0 saturated carbocycles. The Morgan fingerprint density at radius 2 is 1.93 bits per heavy atom. The predicted molar refractivity (Wildman–Crippen MR) is 57.8 cm³/mol. The number of nitrogens with zero attached hydrogens (tertiary/aromatic N) is 2. The van der Waals surface area contributed by atoms with Gasteiger partial charge in [0.05, 0.1) is 0 Å². The van der Waals surface area contributed by atoms with E-state index in [-0.39, 0.29) is 5.82 Å². The highest BCUT2D eigenvalue weighted by Crippen LogP contribution is 2.14. The van der Waals surface area contributed by atoms with Crippen LogP contribution in [0.3, 0.4) is 0 Å². The van der Waals surface area contributed by atoms with Crippen molar-refractivity contribution in [2.75, 3.05) is 29.7 Å². The summed E-state index contributed by atoms with van der Waals surface area (Å²) in [5.74, 6) is 0.816. The van der Waals surface area contributed by atoms with Crippen LogP contribution in [0.15, 0.2) is 18.3 Å². The topological polar surface area (TPSA) is 16.1 Å². The van der Waals surface area contributed by atoms with Crippen molar-refractivity contribution in [3.8, 4) is 0 Å². The number of pyridine rings is 1. The molecule has 0 N–H and O–H groups in total. The molecule has 0 bridgehead atoms. The minimum absolute atomic E-state index is 0.314. The fraction of sp³-hybridized carbons (Fsp3) is 0.444. The van der Waals surface area contributed by atoms with Gasteiger partial charge in [-0.15, -0.1) is 23.2 Å². The Kier molecular flexibility index (Phi) is 4.98. The van der Waals surface area contributed by atoms with E-state index in [0.717, 1.165) is 0 Å². The van der Waals surface area contributed by atoms with Gasteiger partial charge in [0.25, 0.3) is 0 Å². The van der Waals surface area contributed by atoms with Crippen LogP contribution in [-0.4, -0.2) is 29.8 Å². The Morgan fingerprint density at radius 3 is 2.43 bits per heavy atom. The highest BCUT2D eigenvalue weighted by atomic mass is 35.5. The third kappa shape index (κ3) is 3.00. The second-order valence-electron chi connectivity index (χ2n) is 2.67. The van der Waals surface area contributed by atoms with Gasteiger partial charge in [0, 0.05) is 31.0 Å². The third-order valence-corrected chi connectivity index (χ3v) is 2.09. The van der Waals surface area contributed by atoms with Gasteiger partial charge in [0.15, 0.2) is 11.6 Å². The molecule has 0 amide bonds. The van der Waals surface area contributed by atoms with Crippen molar-refractivity contribution < 1.29 is 4.39 Å². The maximum Gasteiger partial charge on any atom is 0.165 e. The quantitative estimate of drug-likeness (QED) is 0.731. The van der Waals surface area contributed by atoms with Gasteiger partial charge in [-0.3, -0.25) is 0 Å². The number of rotatable bonds is 5. The molecular formula is C9H11Cl2FN2. The first kappa shape index (κ1) is 11.5. The van der Waals surface area contributed by atoms with E-state index in [0.29, 0.717) is 30.7 Å². The molecule has 2 nitrogen and oxygen atoms in total. The van der Waals surface area contributed by atoms with E-state index >= 15 is 0 Å². The second kappa shape index (κ2) is 6.04. The summed E-state index contributed by atoms with van der Waals surface area (Å²) in [4.78, 5) is 5.68. The summed E-state index contributed by atoms with van der Waals surface area (Å²) in [5.41, 5.74) is 0. The molecule has 0 aromatic carbocycles. The molecule has 0 fully saturated rings. The first-order valence-corrected chi connectivity index (χ1v) is 5.34. The van der Waals surface area contributed by atoms with Crippen LogP contribution in [0.5, 0.6) is 0 Å². The SMILES string of the molecule is Fc1cccnc1N(CCCl)CCCl. The van der Waals surface area contributed by atoms with E-state index < -0.39 is 0 Å². The number of aromatic nitrogens is 1. The molecule has 0 saturated heterocycles. The van der Waals surface area contributed by atoms with Crippen molar-refractivity contribution in [1.29, 1.82) is 0 Å². The van der Waals surface area contributed by atoms with E-state index in [1.807, 2.05) is 0 Å². The molecule has 0 aliphatic carbocycles. The van der Waals surface area contributed by atoms with Crippen molar-refractivity contribution >= 4 is 29.0 Å². The van der Waals surface area contributed by atoms with Crippen LogP contribution in [0, 0.1) is 5.82 Å². The standard InChI is InChI=1S/C9H11Cl2FN2/c10-3-6-14(7-4-11)9-8(12)2-1-5-13-9/h1-2,5H,3-4,6-7H2. The van der Waals surface area contributed by atoms with Gasteiger partial charge in [0.2, 0.25) is 0 Å². The lowest BCUT2D eigenvalue weighted by Crippen LogP contribution is -2.29. The van der Waals surface area contributed by atoms with Gasteiger partial charge in [0.1, 0.15) is 0 Å². The monoisotopic (exact) mass is 236 g/mol. The summed E-state index contributed by atoms with van der Waals surface area (Å²) < 4.78 is 13.3. The van der Waals surface area contributed by atoms with Crippen LogP contribution in [0.2, 0.25) is 0 Å². The average molecular weight is 237 g/mol. The molecule has 1 aromatic heterocycles. The molecule has 0 aliphatic heterocycles. The summed E-state index contributed by atoms with van der Waals surface area (Å²) >= 11 is 11.2. The van der Waals surface area contributed by atoms with Gasteiger partial charge >= 0.3 is 0 Å². The molecule has 5 heteroatoms. The van der Waals surface area contributed by atoms with Crippen LogP contribution in [0.1, 0.15) is 0 Å². The van der Waals surface area contributed by atoms with Crippen molar-refractivity contribution in [2.24, 2.45) is 0 Å². The summed E-state index contributed by atoms with van der Waals surface area (Å²) in [7, 11) is 0. The normalized spacial score (nSPS) is 10.2. The first-order chi connectivity index (χ1) is 6.79. The molecule has 0 atom stereocenters. The smallest absolute Gasteiger partial charge is 0.165 e. The lowest BCUT2D eigenvalue weighted by molar-refractivity contribution is 0.612. The summed E-state index contributed by atoms with van der Waals surface area (Å²) in [6.45, 7) is 1.09. The first-order valence-electron chi connectivity index (χ1n) is 4.27. The van der Waals surface area contributed by atoms with Gasteiger partial charge in [-0.25, -0.2) is 9.37 Å². The van der Waals surface area contributed by atoms with Gasteiger partial charge in [-0.2, -0.15) is 0 Å². The van der Waals surface area contributed by atoms with Crippen LogP contribution in [-0.2, 0) is 0 Å². The average Bonchev–Trinajstić information content (AvgIpc) is 2.18. The van der Waals surface area contributed by atoms with Crippen molar-refractivity contribution in [3.05, 3.63) is 24.1 Å². The molecule has 0 spiro atoms. The molecular weight excluding hydrogens is 226 g/mol. The van der Waals surface area contributed by atoms with Gasteiger partial charge in [-0.1, -0.05) is 0 Å². The van der Waals surface area contributed by atoms with Crippen molar-refractivity contribution in [2.45, 2.75) is 0 Å². The molecule has 1 rings (SSSR count). The van der Waals surface area contributed by atoms with Crippen molar-refractivity contribution in [3.63, 3.8) is 0 Å². The zero-order chi connectivity index (χ0) is 10.4. The van der Waals surface area contributed by atoms with Crippen molar-refractivity contribution in [1.82, 2.24) is 4.98 Å². The number of anilines is 1. The Morgan fingerprint density at radius 1 is 1.29 bits per heavy atom. The van der Waals surface area contributed by atoms with E-state index in [1.165, 1.54) is 6.07 Å². The minimum Gasteiger partial charge on any atom is -0.352 e. The van der Waals surface area contributed by atoms with Crippen LogP contribution in [0.4, 0.5) is 10.2 Å². The maximum absolute atomic E-state index is 13.3. The van der Waals surface area contributed by atoms with Gasteiger partial charge < -0.3 is 4.90 Å². The fourth-order valence-electron chi connectivity index (χ4n) is 1.14. The van der Waals surface area contributed by atoms with E-state index in [1.54, 1.807) is 17.2 Å². The zero-order valence-corrected chi connectivity index (χ0v) is 9.10. The van der Waals surface area contributed by atoms with E-state index in [4.69, 9.17) is 23.2 Å². The zero-order valence-electron chi connectivity index (χ0n) is 7.59. The lowest BCUT2D eigenvalue weighted by Gasteiger charge is -2.21. The minimum atomic E-state index is -0.345. The highest BCUT2D eigenvalue weighted by molar-refractivity contribution is 6.18. The van der Waals surface area contributed by atoms with E-state index in [9.17, 15) is 4.39 Å². The molecule has 14 heavy (non-hydrogen) atoms. The number of hydrogen-bond donors (Lipinski definition) is 0. The molecule has 1 heterocycles. The Hall–Kier alpha value is -0.540. The molecule has 0 radical (unpaired) electrons. The van der Waals surface area contributed by atoms with Crippen LogP contribution in [0.25, 0.3) is 0 Å². The second-order valence-corrected chi connectivity index (χ2v) is 3.43. The molecule has 0 aliphatic rings. The van der Waals surface area contributed by atoms with Crippen LogP contribution >= 0.6 is 23.2 Å². The number of hydrogen-bond acceptors (Lipinski definition) is 2. The molecule has 0 unspecified atom stereocenters. The Bertz CT molecular complexity index is 277. The highest BCUT2D eigenvalue weighted by Gasteiger charge is 2.10.